The first kappa shape index (κ1) is 14.3. The van der Waals surface area contributed by atoms with Gasteiger partial charge in [0.15, 0.2) is 0 Å². The Hall–Kier alpha value is -1.14. The van der Waals surface area contributed by atoms with E-state index >= 15 is 0 Å². The van der Waals surface area contributed by atoms with Crippen LogP contribution < -0.4 is 10.5 Å². The lowest BCUT2D eigenvalue weighted by atomic mass is 10.1. The topological polar surface area (TPSA) is 72.2 Å². The molecule has 2 atom stereocenters. The molecule has 4 nitrogen and oxygen atoms in total. The molecule has 106 valence electrons. The monoisotopic (exact) mass is 286 g/mol. The maximum Gasteiger partial charge on any atom is 0.240 e. The van der Waals surface area contributed by atoms with Crippen molar-refractivity contribution in [1.82, 2.24) is 4.72 Å². The third-order valence-electron chi connectivity index (χ3n) is 3.65. The van der Waals surface area contributed by atoms with Gasteiger partial charge in [0.25, 0.3) is 0 Å². The predicted octanol–water partition coefficient (Wildman–Crippen LogP) is 2.12. The van der Waals surface area contributed by atoms with Gasteiger partial charge in [0.1, 0.15) is 5.82 Å². The van der Waals surface area contributed by atoms with Crippen LogP contribution in [0.3, 0.4) is 0 Å². The van der Waals surface area contributed by atoms with E-state index < -0.39 is 15.8 Å². The zero-order valence-corrected chi connectivity index (χ0v) is 11.7. The van der Waals surface area contributed by atoms with Gasteiger partial charge in [0.05, 0.1) is 10.6 Å². The fraction of sp³-hybridized carbons (Fsp3) is 0.538. The normalized spacial score (nSPS) is 23.7. The maximum absolute atomic E-state index is 13.3. The Kier molecular flexibility index (Phi) is 4.10. The van der Waals surface area contributed by atoms with Crippen LogP contribution in [0.1, 0.15) is 26.2 Å². The van der Waals surface area contributed by atoms with Crippen molar-refractivity contribution in [2.24, 2.45) is 11.8 Å². The van der Waals surface area contributed by atoms with Crippen LogP contribution in [-0.4, -0.2) is 15.0 Å². The molecule has 6 heteroatoms. The molecule has 1 saturated carbocycles. The van der Waals surface area contributed by atoms with E-state index in [1.54, 1.807) is 0 Å². The van der Waals surface area contributed by atoms with E-state index in [2.05, 4.69) is 11.6 Å². The summed E-state index contributed by atoms with van der Waals surface area (Å²) in [6, 6.07) is 3.54. The fourth-order valence-electron chi connectivity index (χ4n) is 2.50. The largest absolute Gasteiger partial charge is 0.396 e. The van der Waals surface area contributed by atoms with Crippen LogP contribution in [0.15, 0.2) is 23.1 Å². The summed E-state index contributed by atoms with van der Waals surface area (Å²) in [7, 11) is -3.65. The number of hydrogen-bond donors (Lipinski definition) is 2. The van der Waals surface area contributed by atoms with E-state index in [-0.39, 0.29) is 10.6 Å². The Morgan fingerprint density at radius 2 is 2.16 bits per heavy atom. The van der Waals surface area contributed by atoms with Gasteiger partial charge in [0.2, 0.25) is 10.0 Å². The number of hydrogen-bond acceptors (Lipinski definition) is 3. The molecule has 3 N–H and O–H groups in total. The molecule has 1 aromatic carbocycles. The van der Waals surface area contributed by atoms with Crippen LogP contribution in [0.4, 0.5) is 10.1 Å². The van der Waals surface area contributed by atoms with Crippen molar-refractivity contribution in [3.05, 3.63) is 24.0 Å². The van der Waals surface area contributed by atoms with Crippen LogP contribution in [0.2, 0.25) is 0 Å². The molecule has 0 saturated heterocycles. The van der Waals surface area contributed by atoms with E-state index in [4.69, 9.17) is 5.73 Å². The molecule has 1 aromatic rings. The number of nitrogens with one attached hydrogen (secondary N) is 1. The molecule has 0 heterocycles. The molecule has 1 aliphatic rings. The molecule has 0 aromatic heterocycles. The summed E-state index contributed by atoms with van der Waals surface area (Å²) in [6.07, 6.45) is 3.22. The molecule has 0 amide bonds. The number of halogens is 1. The van der Waals surface area contributed by atoms with Crippen molar-refractivity contribution >= 4 is 15.7 Å². The van der Waals surface area contributed by atoms with Gasteiger partial charge in [-0.05, 0) is 42.9 Å². The first-order chi connectivity index (χ1) is 8.88. The molecule has 19 heavy (non-hydrogen) atoms. The van der Waals surface area contributed by atoms with Crippen molar-refractivity contribution in [2.75, 3.05) is 12.3 Å². The Morgan fingerprint density at radius 1 is 1.42 bits per heavy atom. The molecule has 1 aliphatic carbocycles. The van der Waals surface area contributed by atoms with Gasteiger partial charge >= 0.3 is 0 Å². The first-order valence-corrected chi connectivity index (χ1v) is 7.91. The van der Waals surface area contributed by atoms with E-state index in [0.29, 0.717) is 18.4 Å². The third kappa shape index (κ3) is 3.45. The number of nitrogens with two attached hydrogens (primary N) is 1. The van der Waals surface area contributed by atoms with Gasteiger partial charge in [-0.25, -0.2) is 17.5 Å². The van der Waals surface area contributed by atoms with Crippen LogP contribution in [0.25, 0.3) is 0 Å². The molecular formula is C13H19FN2O2S. The second kappa shape index (κ2) is 5.46. The average Bonchev–Trinajstić information content (AvgIpc) is 2.76. The van der Waals surface area contributed by atoms with E-state index in [1.807, 2.05) is 0 Å². The average molecular weight is 286 g/mol. The molecule has 2 unspecified atom stereocenters. The van der Waals surface area contributed by atoms with Crippen molar-refractivity contribution in [3.8, 4) is 0 Å². The Balaban J connectivity index is 2.03. The molecule has 0 spiro atoms. The molecular weight excluding hydrogens is 267 g/mol. The first-order valence-electron chi connectivity index (χ1n) is 6.43. The summed E-state index contributed by atoms with van der Waals surface area (Å²) in [6.45, 7) is 2.59. The van der Waals surface area contributed by atoms with Crippen LogP contribution >= 0.6 is 0 Å². The van der Waals surface area contributed by atoms with E-state index in [0.717, 1.165) is 25.3 Å². The summed E-state index contributed by atoms with van der Waals surface area (Å²) >= 11 is 0. The second-order valence-corrected chi connectivity index (χ2v) is 7.09. The lowest BCUT2D eigenvalue weighted by Gasteiger charge is -2.12. The van der Waals surface area contributed by atoms with Gasteiger partial charge in [-0.1, -0.05) is 13.3 Å². The summed E-state index contributed by atoms with van der Waals surface area (Å²) in [5, 5.41) is 0. The minimum Gasteiger partial charge on any atom is -0.396 e. The summed E-state index contributed by atoms with van der Waals surface area (Å²) in [5.41, 5.74) is 5.28. The molecule has 1 fully saturated rings. The van der Waals surface area contributed by atoms with Gasteiger partial charge in [-0.3, -0.25) is 0 Å². The number of sulfonamides is 1. The van der Waals surface area contributed by atoms with Crippen LogP contribution in [0, 0.1) is 17.7 Å². The predicted molar refractivity (Wildman–Crippen MR) is 72.5 cm³/mol. The van der Waals surface area contributed by atoms with Gasteiger partial charge in [-0.15, -0.1) is 0 Å². The molecule has 0 aliphatic heterocycles. The quantitative estimate of drug-likeness (QED) is 0.833. The molecule has 2 rings (SSSR count). The highest BCUT2D eigenvalue weighted by Gasteiger charge is 2.23. The highest BCUT2D eigenvalue weighted by atomic mass is 32.2. The fourth-order valence-corrected chi connectivity index (χ4v) is 3.62. The Bertz CT molecular complexity index is 560. The zero-order chi connectivity index (χ0) is 14.0. The number of benzene rings is 1. The molecule has 0 radical (unpaired) electrons. The maximum atomic E-state index is 13.3. The van der Waals surface area contributed by atoms with Crippen molar-refractivity contribution in [2.45, 2.75) is 31.1 Å². The summed E-state index contributed by atoms with van der Waals surface area (Å²) < 4.78 is 39.9. The number of anilines is 1. The zero-order valence-electron chi connectivity index (χ0n) is 10.9. The lowest BCUT2D eigenvalue weighted by Crippen LogP contribution is -2.28. The summed E-state index contributed by atoms with van der Waals surface area (Å²) in [4.78, 5) is -0.0785. The highest BCUT2D eigenvalue weighted by Crippen LogP contribution is 2.30. The van der Waals surface area contributed by atoms with Crippen molar-refractivity contribution in [1.29, 1.82) is 0 Å². The summed E-state index contributed by atoms with van der Waals surface area (Å²) in [5.74, 6) is 0.323. The van der Waals surface area contributed by atoms with Crippen molar-refractivity contribution in [3.63, 3.8) is 0 Å². The van der Waals surface area contributed by atoms with Crippen LogP contribution in [0.5, 0.6) is 0 Å². The third-order valence-corrected chi connectivity index (χ3v) is 5.07. The minimum absolute atomic E-state index is 0.0523. The van der Waals surface area contributed by atoms with Crippen LogP contribution in [-0.2, 0) is 10.0 Å². The standard InChI is InChI=1S/C13H19FN2O2S/c1-9-2-3-10(6-9)8-16-19(17,18)11-4-5-13(15)12(14)7-11/h4-5,7,9-10,16H,2-3,6,8,15H2,1H3. The van der Waals surface area contributed by atoms with Gasteiger partial charge in [-0.2, -0.15) is 0 Å². The van der Waals surface area contributed by atoms with E-state index in [1.165, 1.54) is 12.1 Å². The lowest BCUT2D eigenvalue weighted by molar-refractivity contribution is 0.498. The second-order valence-electron chi connectivity index (χ2n) is 5.32. The smallest absolute Gasteiger partial charge is 0.240 e. The van der Waals surface area contributed by atoms with Gasteiger partial charge < -0.3 is 5.73 Å². The Morgan fingerprint density at radius 3 is 2.74 bits per heavy atom. The molecule has 0 bridgehead atoms. The minimum atomic E-state index is -3.65. The number of nitrogen functional groups attached to an aromatic ring is 1. The SMILES string of the molecule is CC1CCC(CNS(=O)(=O)c2ccc(N)c(F)c2)C1. The number of rotatable bonds is 4. The highest BCUT2D eigenvalue weighted by molar-refractivity contribution is 7.89. The Labute approximate surface area is 113 Å². The van der Waals surface area contributed by atoms with E-state index in [9.17, 15) is 12.8 Å². The van der Waals surface area contributed by atoms with Crippen molar-refractivity contribution < 1.29 is 12.8 Å². The van der Waals surface area contributed by atoms with Gasteiger partial charge in [0, 0.05) is 6.54 Å².